The van der Waals surface area contributed by atoms with Crippen LogP contribution in [0.3, 0.4) is 0 Å². The summed E-state index contributed by atoms with van der Waals surface area (Å²) in [5, 5.41) is 19.1. The Morgan fingerprint density at radius 1 is 1.33 bits per heavy atom. The molecule has 0 aromatic heterocycles. The van der Waals surface area contributed by atoms with Crippen molar-refractivity contribution in [2.75, 3.05) is 13.1 Å². The predicted molar refractivity (Wildman–Crippen MR) is 68.1 cm³/mol. The lowest BCUT2D eigenvalue weighted by Gasteiger charge is -2.45. The summed E-state index contributed by atoms with van der Waals surface area (Å²) < 4.78 is 32.8. The third kappa shape index (κ3) is 2.42. The fourth-order valence-corrected chi connectivity index (χ4v) is 3.07. The van der Waals surface area contributed by atoms with Gasteiger partial charge in [0.25, 0.3) is 0 Å². The molecule has 1 unspecified atom stereocenters. The van der Waals surface area contributed by atoms with Gasteiger partial charge in [-0.15, -0.1) is 0 Å². The van der Waals surface area contributed by atoms with E-state index in [2.05, 4.69) is 0 Å². The Balaban J connectivity index is 1.87. The Bertz CT molecular complexity index is 585. The molecule has 2 N–H and O–H groups in total. The maximum absolute atomic E-state index is 13.9. The van der Waals surface area contributed by atoms with Crippen LogP contribution in [0.15, 0.2) is 12.1 Å². The van der Waals surface area contributed by atoms with Crippen LogP contribution in [0.5, 0.6) is 5.75 Å². The SMILES string of the molecule is O=C(O)N1CCC2(CC1)CC(O)c1cc(F)cc(F)c1O2. The molecule has 0 radical (unpaired) electrons. The van der Waals surface area contributed by atoms with Gasteiger partial charge in [-0.2, -0.15) is 0 Å². The number of carbonyl (C=O) groups is 1. The van der Waals surface area contributed by atoms with Gasteiger partial charge in [0.1, 0.15) is 11.4 Å². The second-order valence-corrected chi connectivity index (χ2v) is 5.58. The van der Waals surface area contributed by atoms with Crippen LogP contribution in [0.25, 0.3) is 0 Å². The van der Waals surface area contributed by atoms with Crippen LogP contribution in [0.2, 0.25) is 0 Å². The number of ether oxygens (including phenoxy) is 1. The molecule has 2 heterocycles. The Morgan fingerprint density at radius 2 is 2.00 bits per heavy atom. The number of rotatable bonds is 0. The molecule has 1 atom stereocenters. The van der Waals surface area contributed by atoms with Gasteiger partial charge < -0.3 is 19.8 Å². The van der Waals surface area contributed by atoms with E-state index in [4.69, 9.17) is 9.84 Å². The molecule has 1 saturated heterocycles. The molecule has 21 heavy (non-hydrogen) atoms. The van der Waals surface area contributed by atoms with Crippen LogP contribution in [0.4, 0.5) is 13.6 Å². The number of piperidine rings is 1. The minimum atomic E-state index is -1.02. The van der Waals surface area contributed by atoms with Gasteiger partial charge in [-0.3, -0.25) is 0 Å². The number of likely N-dealkylation sites (tertiary alicyclic amines) is 1. The summed E-state index contributed by atoms with van der Waals surface area (Å²) in [7, 11) is 0. The van der Waals surface area contributed by atoms with Crippen molar-refractivity contribution in [1.29, 1.82) is 0 Å². The lowest BCUT2D eigenvalue weighted by atomic mass is 9.81. The van der Waals surface area contributed by atoms with Crippen molar-refractivity contribution < 1.29 is 28.5 Å². The molecule has 7 heteroatoms. The molecule has 1 aromatic rings. The van der Waals surface area contributed by atoms with Crippen LogP contribution < -0.4 is 4.74 Å². The quantitative estimate of drug-likeness (QED) is 0.771. The fraction of sp³-hybridized carbons (Fsp3) is 0.500. The third-order valence-corrected chi connectivity index (χ3v) is 4.23. The highest BCUT2D eigenvalue weighted by atomic mass is 19.1. The average molecular weight is 299 g/mol. The lowest BCUT2D eigenvalue weighted by Crippen LogP contribution is -2.51. The zero-order valence-electron chi connectivity index (χ0n) is 11.2. The minimum Gasteiger partial charge on any atom is -0.484 e. The molecule has 0 saturated carbocycles. The van der Waals surface area contributed by atoms with E-state index in [0.29, 0.717) is 12.8 Å². The number of aliphatic hydroxyl groups is 1. The monoisotopic (exact) mass is 299 g/mol. The first-order chi connectivity index (χ1) is 9.90. The van der Waals surface area contributed by atoms with E-state index in [1.165, 1.54) is 4.90 Å². The zero-order chi connectivity index (χ0) is 15.2. The zero-order valence-corrected chi connectivity index (χ0v) is 11.2. The van der Waals surface area contributed by atoms with E-state index in [-0.39, 0.29) is 30.8 Å². The van der Waals surface area contributed by atoms with Crippen molar-refractivity contribution in [2.45, 2.75) is 31.0 Å². The van der Waals surface area contributed by atoms with Crippen molar-refractivity contribution in [3.05, 3.63) is 29.3 Å². The van der Waals surface area contributed by atoms with Gasteiger partial charge in [0, 0.05) is 44.0 Å². The molecular formula is C14H15F2NO4. The number of fused-ring (bicyclic) bond motifs is 1. The van der Waals surface area contributed by atoms with Crippen LogP contribution in [0, 0.1) is 11.6 Å². The number of hydrogen-bond acceptors (Lipinski definition) is 3. The Kier molecular flexibility index (Phi) is 3.24. The van der Waals surface area contributed by atoms with Crippen molar-refractivity contribution >= 4 is 6.09 Å². The maximum Gasteiger partial charge on any atom is 0.407 e. The Hall–Kier alpha value is -1.89. The lowest BCUT2D eigenvalue weighted by molar-refractivity contribution is -0.0529. The van der Waals surface area contributed by atoms with E-state index in [9.17, 15) is 18.7 Å². The number of nitrogens with zero attached hydrogens (tertiary/aromatic N) is 1. The van der Waals surface area contributed by atoms with Gasteiger partial charge in [-0.1, -0.05) is 0 Å². The molecule has 3 rings (SSSR count). The molecule has 1 aromatic carbocycles. The van der Waals surface area contributed by atoms with E-state index in [0.717, 1.165) is 12.1 Å². The van der Waals surface area contributed by atoms with E-state index < -0.39 is 29.4 Å². The maximum atomic E-state index is 13.9. The number of hydrogen-bond donors (Lipinski definition) is 2. The van der Waals surface area contributed by atoms with Gasteiger partial charge in [0.15, 0.2) is 11.6 Å². The summed E-state index contributed by atoms with van der Waals surface area (Å²) in [6.07, 6.45) is -1.08. The average Bonchev–Trinajstić information content (AvgIpc) is 2.41. The third-order valence-electron chi connectivity index (χ3n) is 4.23. The first-order valence-electron chi connectivity index (χ1n) is 6.74. The topological polar surface area (TPSA) is 70.0 Å². The summed E-state index contributed by atoms with van der Waals surface area (Å²) in [6, 6.07) is 1.79. The smallest absolute Gasteiger partial charge is 0.407 e. The summed E-state index contributed by atoms with van der Waals surface area (Å²) >= 11 is 0. The van der Waals surface area contributed by atoms with E-state index in [1.54, 1.807) is 0 Å². The van der Waals surface area contributed by atoms with Crippen molar-refractivity contribution in [2.24, 2.45) is 0 Å². The first kappa shape index (κ1) is 14.1. The predicted octanol–water partition coefficient (Wildman–Crippen LogP) is 2.29. The standard InChI is InChI=1S/C14H15F2NO4/c15-8-5-9-11(18)7-14(21-12(9)10(16)6-8)1-3-17(4-2-14)13(19)20/h5-6,11,18H,1-4,7H2,(H,19,20). The molecule has 2 aliphatic rings. The van der Waals surface area contributed by atoms with Gasteiger partial charge in [0.05, 0.1) is 6.10 Å². The van der Waals surface area contributed by atoms with Gasteiger partial charge in [-0.25, -0.2) is 13.6 Å². The molecule has 1 amide bonds. The van der Waals surface area contributed by atoms with Gasteiger partial charge >= 0.3 is 6.09 Å². The molecule has 114 valence electrons. The van der Waals surface area contributed by atoms with Gasteiger partial charge in [-0.05, 0) is 6.07 Å². The molecule has 1 spiro atoms. The van der Waals surface area contributed by atoms with Crippen LogP contribution in [-0.4, -0.2) is 39.9 Å². The second-order valence-electron chi connectivity index (χ2n) is 5.58. The Labute approximate surface area is 119 Å². The highest BCUT2D eigenvalue weighted by Crippen LogP contribution is 2.45. The summed E-state index contributed by atoms with van der Waals surface area (Å²) in [5.74, 6) is -1.73. The van der Waals surface area contributed by atoms with Gasteiger partial charge in [0.2, 0.25) is 0 Å². The van der Waals surface area contributed by atoms with Crippen LogP contribution in [0.1, 0.15) is 30.9 Å². The van der Waals surface area contributed by atoms with Crippen LogP contribution in [-0.2, 0) is 0 Å². The highest BCUT2D eigenvalue weighted by molar-refractivity contribution is 5.65. The number of halogens is 2. The van der Waals surface area contributed by atoms with E-state index >= 15 is 0 Å². The molecule has 0 aliphatic carbocycles. The first-order valence-corrected chi connectivity index (χ1v) is 6.74. The Morgan fingerprint density at radius 3 is 2.62 bits per heavy atom. The molecule has 1 fully saturated rings. The number of amides is 1. The highest BCUT2D eigenvalue weighted by Gasteiger charge is 2.44. The largest absolute Gasteiger partial charge is 0.484 e. The van der Waals surface area contributed by atoms with Crippen LogP contribution >= 0.6 is 0 Å². The molecule has 2 aliphatic heterocycles. The second kappa shape index (κ2) is 4.84. The number of aliphatic hydroxyl groups excluding tert-OH is 1. The molecular weight excluding hydrogens is 284 g/mol. The summed E-state index contributed by atoms with van der Waals surface area (Å²) in [4.78, 5) is 12.2. The summed E-state index contributed by atoms with van der Waals surface area (Å²) in [5.41, 5.74) is -0.685. The summed E-state index contributed by atoms with van der Waals surface area (Å²) in [6.45, 7) is 0.528. The molecule has 5 nitrogen and oxygen atoms in total. The van der Waals surface area contributed by atoms with Crippen molar-refractivity contribution in [3.63, 3.8) is 0 Å². The fourth-order valence-electron chi connectivity index (χ4n) is 3.07. The minimum absolute atomic E-state index is 0.110. The number of carboxylic acid groups (broad SMARTS) is 1. The number of benzene rings is 1. The molecule has 0 bridgehead atoms. The normalized spacial score (nSPS) is 23.6. The van der Waals surface area contributed by atoms with Crippen molar-refractivity contribution in [1.82, 2.24) is 4.90 Å². The van der Waals surface area contributed by atoms with E-state index in [1.807, 2.05) is 0 Å². The van der Waals surface area contributed by atoms with Crippen molar-refractivity contribution in [3.8, 4) is 5.75 Å².